The van der Waals surface area contributed by atoms with Crippen LogP contribution in [0.2, 0.25) is 0 Å². The molecule has 0 bridgehead atoms. The van der Waals surface area contributed by atoms with Crippen LogP contribution in [0.4, 0.5) is 5.82 Å². The maximum Gasteiger partial charge on any atom is 0.255 e. The lowest BCUT2D eigenvalue weighted by atomic mass is 10.2. The molecule has 0 atom stereocenters. The Labute approximate surface area is 137 Å². The first-order chi connectivity index (χ1) is 11.0. The number of hydrogen-bond acceptors (Lipinski definition) is 4. The smallest absolute Gasteiger partial charge is 0.255 e. The van der Waals surface area contributed by atoms with Gasteiger partial charge in [-0.2, -0.15) is 5.10 Å². The summed E-state index contributed by atoms with van der Waals surface area (Å²) in [5.74, 6) is 0.494. The van der Waals surface area contributed by atoms with Crippen molar-refractivity contribution in [2.75, 3.05) is 11.9 Å². The Balaban J connectivity index is 1.92. The summed E-state index contributed by atoms with van der Waals surface area (Å²) in [6.45, 7) is 8.75. The van der Waals surface area contributed by atoms with Crippen molar-refractivity contribution in [2.24, 2.45) is 0 Å². The van der Waals surface area contributed by atoms with E-state index in [0.29, 0.717) is 30.4 Å². The van der Waals surface area contributed by atoms with Gasteiger partial charge in [-0.1, -0.05) is 0 Å². The van der Waals surface area contributed by atoms with E-state index in [2.05, 4.69) is 34.6 Å². The molecule has 2 aromatic rings. The summed E-state index contributed by atoms with van der Waals surface area (Å²) in [4.78, 5) is 16.6. The van der Waals surface area contributed by atoms with Gasteiger partial charge in [0.05, 0.1) is 11.3 Å². The van der Waals surface area contributed by atoms with Crippen LogP contribution in [-0.4, -0.2) is 33.3 Å². The van der Waals surface area contributed by atoms with Crippen molar-refractivity contribution in [2.45, 2.75) is 46.2 Å². The molecule has 6 nitrogen and oxygen atoms in total. The van der Waals surface area contributed by atoms with E-state index >= 15 is 0 Å². The number of nitrogens with zero attached hydrogens (tertiary/aromatic N) is 3. The van der Waals surface area contributed by atoms with Gasteiger partial charge in [0.1, 0.15) is 5.82 Å². The molecule has 124 valence electrons. The molecule has 2 N–H and O–H groups in total. The van der Waals surface area contributed by atoms with Gasteiger partial charge in [0.25, 0.3) is 5.91 Å². The summed E-state index contributed by atoms with van der Waals surface area (Å²) in [6, 6.07) is 6.10. The summed E-state index contributed by atoms with van der Waals surface area (Å²) in [5.41, 5.74) is 1.54. The van der Waals surface area contributed by atoms with Crippen molar-refractivity contribution in [3.63, 3.8) is 0 Å². The Bertz CT molecular complexity index is 648. The Morgan fingerprint density at radius 1 is 1.26 bits per heavy atom. The molecule has 23 heavy (non-hydrogen) atoms. The number of amides is 1. The van der Waals surface area contributed by atoms with Gasteiger partial charge in [0.15, 0.2) is 0 Å². The first-order valence-electron chi connectivity index (χ1n) is 8.01. The van der Waals surface area contributed by atoms with Gasteiger partial charge in [-0.3, -0.25) is 9.48 Å². The van der Waals surface area contributed by atoms with E-state index in [1.165, 1.54) is 0 Å². The Kier molecular flexibility index (Phi) is 5.73. The van der Waals surface area contributed by atoms with Crippen LogP contribution < -0.4 is 10.6 Å². The highest BCUT2D eigenvalue weighted by Gasteiger charge is 2.12. The molecule has 0 aliphatic heterocycles. The van der Waals surface area contributed by atoms with Gasteiger partial charge >= 0.3 is 0 Å². The molecule has 0 unspecified atom stereocenters. The second-order valence-electron chi connectivity index (χ2n) is 6.09. The van der Waals surface area contributed by atoms with Crippen molar-refractivity contribution in [1.29, 1.82) is 0 Å². The van der Waals surface area contributed by atoms with Crippen molar-refractivity contribution in [3.05, 3.63) is 41.9 Å². The molecule has 0 spiro atoms. The minimum absolute atomic E-state index is 0.121. The molecule has 2 rings (SSSR count). The number of hydrogen-bond donors (Lipinski definition) is 2. The van der Waals surface area contributed by atoms with Crippen LogP contribution in [0.1, 0.15) is 49.8 Å². The Morgan fingerprint density at radius 2 is 2.04 bits per heavy atom. The number of carbonyl (C=O) groups excluding carboxylic acids is 1. The third kappa shape index (κ3) is 4.81. The van der Waals surface area contributed by atoms with Crippen LogP contribution >= 0.6 is 0 Å². The summed E-state index contributed by atoms with van der Waals surface area (Å²) < 4.78 is 1.92. The molecule has 0 saturated heterocycles. The molecule has 0 radical (unpaired) electrons. The molecule has 0 saturated carbocycles. The molecule has 2 heterocycles. The number of aromatic nitrogens is 3. The molecular weight excluding hydrogens is 290 g/mol. The third-order valence-corrected chi connectivity index (χ3v) is 3.34. The minimum Gasteiger partial charge on any atom is -0.367 e. The molecule has 0 aliphatic rings. The van der Waals surface area contributed by atoms with Gasteiger partial charge in [-0.05, 0) is 45.9 Å². The Hall–Kier alpha value is -2.37. The van der Waals surface area contributed by atoms with Crippen molar-refractivity contribution in [3.8, 4) is 0 Å². The zero-order valence-corrected chi connectivity index (χ0v) is 14.2. The predicted molar refractivity (Wildman–Crippen MR) is 91.6 cm³/mol. The molecule has 1 amide bonds. The third-order valence-electron chi connectivity index (χ3n) is 3.34. The normalized spacial score (nSPS) is 11.0. The number of carbonyl (C=O) groups is 1. The number of rotatable bonds is 7. The molecule has 2 aromatic heterocycles. The molecular formula is C17H25N5O. The monoisotopic (exact) mass is 315 g/mol. The lowest BCUT2D eigenvalue weighted by molar-refractivity contribution is 0.0954. The molecule has 0 fully saturated rings. The van der Waals surface area contributed by atoms with Crippen molar-refractivity contribution >= 4 is 11.7 Å². The second-order valence-corrected chi connectivity index (χ2v) is 6.09. The highest BCUT2D eigenvalue weighted by atomic mass is 16.1. The lowest BCUT2D eigenvalue weighted by Gasteiger charge is -2.13. The second kappa shape index (κ2) is 7.76. The van der Waals surface area contributed by atoms with Crippen LogP contribution in [0, 0.1) is 0 Å². The number of pyridine rings is 1. The van der Waals surface area contributed by atoms with Crippen LogP contribution in [-0.2, 0) is 6.42 Å². The van der Waals surface area contributed by atoms with Gasteiger partial charge in [-0.25, -0.2) is 4.98 Å². The van der Waals surface area contributed by atoms with E-state index in [9.17, 15) is 4.79 Å². The fraction of sp³-hybridized carbons (Fsp3) is 0.471. The van der Waals surface area contributed by atoms with Gasteiger partial charge in [0.2, 0.25) is 0 Å². The maximum atomic E-state index is 12.3. The fourth-order valence-electron chi connectivity index (χ4n) is 2.17. The zero-order chi connectivity index (χ0) is 16.8. The SMILES string of the molecule is CC(C)Nc1ncccc1C(=O)NCCc1ccn(C(C)C)n1. The topological polar surface area (TPSA) is 71.8 Å². The summed E-state index contributed by atoms with van der Waals surface area (Å²) in [6.07, 6.45) is 4.35. The molecule has 6 heteroatoms. The zero-order valence-electron chi connectivity index (χ0n) is 14.2. The minimum atomic E-state index is -0.121. The van der Waals surface area contributed by atoms with E-state index in [1.54, 1.807) is 18.3 Å². The quantitative estimate of drug-likeness (QED) is 0.824. The van der Waals surface area contributed by atoms with Crippen molar-refractivity contribution < 1.29 is 4.79 Å². The lowest BCUT2D eigenvalue weighted by Crippen LogP contribution is -2.27. The van der Waals surface area contributed by atoms with E-state index in [-0.39, 0.29) is 11.9 Å². The number of anilines is 1. The van der Waals surface area contributed by atoms with Crippen molar-refractivity contribution in [1.82, 2.24) is 20.1 Å². The maximum absolute atomic E-state index is 12.3. The highest BCUT2D eigenvalue weighted by molar-refractivity contribution is 5.98. The average Bonchev–Trinajstić information content (AvgIpc) is 2.96. The first-order valence-corrected chi connectivity index (χ1v) is 8.01. The van der Waals surface area contributed by atoms with E-state index < -0.39 is 0 Å². The Morgan fingerprint density at radius 3 is 2.70 bits per heavy atom. The predicted octanol–water partition coefficient (Wildman–Crippen LogP) is 2.65. The van der Waals surface area contributed by atoms with E-state index in [1.807, 2.05) is 30.8 Å². The highest BCUT2D eigenvalue weighted by Crippen LogP contribution is 2.12. The van der Waals surface area contributed by atoms with Crippen LogP contribution in [0.5, 0.6) is 0 Å². The van der Waals surface area contributed by atoms with Crippen LogP contribution in [0.3, 0.4) is 0 Å². The fourth-order valence-corrected chi connectivity index (χ4v) is 2.17. The first kappa shape index (κ1) is 17.0. The van der Waals surface area contributed by atoms with Gasteiger partial charge in [-0.15, -0.1) is 0 Å². The average molecular weight is 315 g/mol. The van der Waals surface area contributed by atoms with Gasteiger partial charge in [0, 0.05) is 37.4 Å². The largest absolute Gasteiger partial charge is 0.367 e. The molecule has 0 aliphatic carbocycles. The van der Waals surface area contributed by atoms with Gasteiger partial charge < -0.3 is 10.6 Å². The summed E-state index contributed by atoms with van der Waals surface area (Å²) >= 11 is 0. The van der Waals surface area contributed by atoms with E-state index in [0.717, 1.165) is 5.69 Å². The summed E-state index contributed by atoms with van der Waals surface area (Å²) in [7, 11) is 0. The number of nitrogens with one attached hydrogen (secondary N) is 2. The van der Waals surface area contributed by atoms with Crippen LogP contribution in [0.15, 0.2) is 30.6 Å². The standard InChI is InChI=1S/C17H25N5O/c1-12(2)20-16-15(6-5-9-18-16)17(23)19-10-7-14-8-11-22(21-14)13(3)4/h5-6,8-9,11-13H,7,10H2,1-4H3,(H,18,20)(H,19,23). The van der Waals surface area contributed by atoms with Crippen LogP contribution in [0.25, 0.3) is 0 Å². The molecule has 0 aromatic carbocycles. The summed E-state index contributed by atoms with van der Waals surface area (Å²) in [5, 5.41) is 10.6. The van der Waals surface area contributed by atoms with E-state index in [4.69, 9.17) is 0 Å².